The second kappa shape index (κ2) is 6.00. The number of fused-ring (bicyclic) bond motifs is 1. The first-order valence-electron chi connectivity index (χ1n) is 7.44. The van der Waals surface area contributed by atoms with Crippen molar-refractivity contribution in [1.82, 2.24) is 9.78 Å². The standard InChI is InChI=1S/C17H13Cl2N3O2/c18-10-3-4-12(15(19)6-10)13-7-16(23)21-17-14(13)8-20-22(17)9-11-2-1-5-24-11/h1-6,8,13H,7,9H2,(H,21,23)/t13-/m1/s1. The van der Waals surface area contributed by atoms with E-state index in [2.05, 4.69) is 10.4 Å². The Labute approximate surface area is 148 Å². The van der Waals surface area contributed by atoms with Gasteiger partial charge in [0.05, 0.1) is 12.5 Å². The van der Waals surface area contributed by atoms with Crippen molar-refractivity contribution in [3.05, 3.63) is 69.7 Å². The number of furan rings is 1. The molecule has 3 heterocycles. The third-order valence-electron chi connectivity index (χ3n) is 4.11. The van der Waals surface area contributed by atoms with Gasteiger partial charge in [0.2, 0.25) is 5.91 Å². The Kier molecular flexibility index (Phi) is 3.82. The van der Waals surface area contributed by atoms with E-state index in [-0.39, 0.29) is 11.8 Å². The predicted octanol–water partition coefficient (Wildman–Crippen LogP) is 4.31. The lowest BCUT2D eigenvalue weighted by Gasteiger charge is -2.24. The van der Waals surface area contributed by atoms with Crippen molar-refractivity contribution in [2.75, 3.05) is 5.32 Å². The molecular weight excluding hydrogens is 349 g/mol. The molecule has 1 atom stereocenters. The number of anilines is 1. The number of hydrogen-bond acceptors (Lipinski definition) is 3. The average molecular weight is 362 g/mol. The zero-order chi connectivity index (χ0) is 16.7. The minimum atomic E-state index is -0.149. The van der Waals surface area contributed by atoms with E-state index in [4.69, 9.17) is 27.6 Å². The number of nitrogens with zero attached hydrogens (tertiary/aromatic N) is 2. The topological polar surface area (TPSA) is 60.1 Å². The molecule has 3 aromatic rings. The molecule has 1 aromatic carbocycles. The van der Waals surface area contributed by atoms with Crippen LogP contribution in [0, 0.1) is 0 Å². The first-order valence-corrected chi connectivity index (χ1v) is 8.20. The van der Waals surface area contributed by atoms with E-state index in [1.54, 1.807) is 29.3 Å². The summed E-state index contributed by atoms with van der Waals surface area (Å²) in [5.41, 5.74) is 1.81. The van der Waals surface area contributed by atoms with Gasteiger partial charge in [-0.3, -0.25) is 4.79 Å². The fourth-order valence-electron chi connectivity index (χ4n) is 3.00. The van der Waals surface area contributed by atoms with Gasteiger partial charge in [-0.1, -0.05) is 29.3 Å². The van der Waals surface area contributed by atoms with Gasteiger partial charge in [0.15, 0.2) is 0 Å². The molecule has 5 nitrogen and oxygen atoms in total. The second-order valence-electron chi connectivity index (χ2n) is 5.66. The van der Waals surface area contributed by atoms with Gasteiger partial charge in [-0.2, -0.15) is 5.10 Å². The molecule has 4 rings (SSSR count). The largest absolute Gasteiger partial charge is 0.467 e. The number of hydrogen-bond donors (Lipinski definition) is 1. The van der Waals surface area contributed by atoms with Crippen LogP contribution in [0.5, 0.6) is 0 Å². The van der Waals surface area contributed by atoms with E-state index in [1.165, 1.54) is 0 Å². The van der Waals surface area contributed by atoms with Crippen molar-refractivity contribution in [2.24, 2.45) is 0 Å². The van der Waals surface area contributed by atoms with Crippen LogP contribution in [-0.2, 0) is 11.3 Å². The molecule has 2 aromatic heterocycles. The highest BCUT2D eigenvalue weighted by atomic mass is 35.5. The summed E-state index contributed by atoms with van der Waals surface area (Å²) in [5.74, 6) is 1.23. The maximum Gasteiger partial charge on any atom is 0.226 e. The van der Waals surface area contributed by atoms with Gasteiger partial charge in [-0.25, -0.2) is 4.68 Å². The lowest BCUT2D eigenvalue weighted by atomic mass is 9.87. The van der Waals surface area contributed by atoms with Crippen molar-refractivity contribution >= 4 is 34.9 Å². The number of carbonyl (C=O) groups is 1. The molecule has 0 unspecified atom stereocenters. The molecule has 0 saturated carbocycles. The minimum Gasteiger partial charge on any atom is -0.467 e. The molecule has 0 saturated heterocycles. The number of amides is 1. The van der Waals surface area contributed by atoms with Gasteiger partial charge in [0, 0.05) is 27.9 Å². The summed E-state index contributed by atoms with van der Waals surface area (Å²) in [7, 11) is 0. The summed E-state index contributed by atoms with van der Waals surface area (Å²) < 4.78 is 7.08. The Balaban J connectivity index is 1.75. The Morgan fingerprint density at radius 3 is 2.92 bits per heavy atom. The number of aromatic nitrogens is 2. The second-order valence-corrected chi connectivity index (χ2v) is 6.50. The Morgan fingerprint density at radius 2 is 2.17 bits per heavy atom. The van der Waals surface area contributed by atoms with E-state index in [1.807, 2.05) is 18.2 Å². The molecule has 1 aliphatic heterocycles. The summed E-state index contributed by atoms with van der Waals surface area (Å²) >= 11 is 12.3. The van der Waals surface area contributed by atoms with Crippen LogP contribution in [0.25, 0.3) is 0 Å². The van der Waals surface area contributed by atoms with E-state index in [0.717, 1.165) is 16.9 Å². The molecule has 7 heteroatoms. The van der Waals surface area contributed by atoms with E-state index >= 15 is 0 Å². The molecule has 122 valence electrons. The molecule has 24 heavy (non-hydrogen) atoms. The van der Waals surface area contributed by atoms with Gasteiger partial charge in [0.1, 0.15) is 18.1 Å². The fourth-order valence-corrected chi connectivity index (χ4v) is 3.54. The van der Waals surface area contributed by atoms with Crippen molar-refractivity contribution < 1.29 is 9.21 Å². The quantitative estimate of drug-likeness (QED) is 0.756. The van der Waals surface area contributed by atoms with E-state index in [9.17, 15) is 4.79 Å². The Morgan fingerprint density at radius 1 is 1.29 bits per heavy atom. The highest BCUT2D eigenvalue weighted by Gasteiger charge is 2.31. The minimum absolute atomic E-state index is 0.0697. The third-order valence-corrected chi connectivity index (χ3v) is 4.68. The number of benzene rings is 1. The van der Waals surface area contributed by atoms with Gasteiger partial charge in [0.25, 0.3) is 0 Å². The summed E-state index contributed by atoms with van der Waals surface area (Å²) in [5, 5.41) is 8.42. The zero-order valence-corrected chi connectivity index (χ0v) is 14.0. The number of nitrogens with one attached hydrogen (secondary N) is 1. The summed E-state index contributed by atoms with van der Waals surface area (Å²) in [6.45, 7) is 0.448. The fraction of sp³-hybridized carbons (Fsp3) is 0.176. The molecule has 1 amide bonds. The SMILES string of the molecule is O=C1C[C@H](c2ccc(Cl)cc2Cl)c2cnn(Cc3ccco3)c2N1. The summed E-state index contributed by atoms with van der Waals surface area (Å²) in [4.78, 5) is 12.2. The number of halogens is 2. The van der Waals surface area contributed by atoms with Gasteiger partial charge in [-0.15, -0.1) is 0 Å². The van der Waals surface area contributed by atoms with Crippen molar-refractivity contribution in [3.8, 4) is 0 Å². The maximum absolute atomic E-state index is 12.2. The smallest absolute Gasteiger partial charge is 0.226 e. The predicted molar refractivity (Wildman–Crippen MR) is 91.6 cm³/mol. The Hall–Kier alpha value is -2.24. The third kappa shape index (κ3) is 2.70. The van der Waals surface area contributed by atoms with Crippen LogP contribution >= 0.6 is 23.2 Å². The van der Waals surface area contributed by atoms with Crippen LogP contribution in [0.1, 0.15) is 29.2 Å². The molecule has 0 aliphatic carbocycles. The average Bonchev–Trinajstić information content (AvgIpc) is 3.18. The van der Waals surface area contributed by atoms with Crippen LogP contribution < -0.4 is 5.32 Å². The molecule has 0 fully saturated rings. The van der Waals surface area contributed by atoms with Gasteiger partial charge in [-0.05, 0) is 29.8 Å². The van der Waals surface area contributed by atoms with Crippen molar-refractivity contribution in [3.63, 3.8) is 0 Å². The molecular formula is C17H13Cl2N3O2. The van der Waals surface area contributed by atoms with Crippen molar-refractivity contribution in [2.45, 2.75) is 18.9 Å². The monoisotopic (exact) mass is 361 g/mol. The molecule has 1 aliphatic rings. The zero-order valence-electron chi connectivity index (χ0n) is 12.5. The van der Waals surface area contributed by atoms with Crippen LogP contribution in [0.4, 0.5) is 5.82 Å². The molecule has 1 N–H and O–H groups in total. The highest BCUT2D eigenvalue weighted by Crippen LogP contribution is 2.40. The maximum atomic E-state index is 12.2. The van der Waals surface area contributed by atoms with Crippen LogP contribution in [0.15, 0.2) is 47.2 Å². The summed E-state index contributed by atoms with van der Waals surface area (Å²) in [6, 6.07) is 9.02. The van der Waals surface area contributed by atoms with Crippen LogP contribution in [-0.4, -0.2) is 15.7 Å². The Bertz CT molecular complexity index is 903. The number of rotatable bonds is 3. The van der Waals surface area contributed by atoms with E-state index < -0.39 is 0 Å². The normalized spacial score (nSPS) is 16.8. The lowest BCUT2D eigenvalue weighted by Crippen LogP contribution is -2.25. The first-order chi connectivity index (χ1) is 11.6. The molecule has 0 radical (unpaired) electrons. The van der Waals surface area contributed by atoms with Crippen LogP contribution in [0.2, 0.25) is 10.0 Å². The van der Waals surface area contributed by atoms with Gasteiger partial charge < -0.3 is 9.73 Å². The first kappa shape index (κ1) is 15.3. The van der Waals surface area contributed by atoms with E-state index in [0.29, 0.717) is 28.8 Å². The number of carbonyl (C=O) groups excluding carboxylic acids is 1. The van der Waals surface area contributed by atoms with Crippen LogP contribution in [0.3, 0.4) is 0 Å². The highest BCUT2D eigenvalue weighted by molar-refractivity contribution is 6.35. The van der Waals surface area contributed by atoms with Crippen molar-refractivity contribution in [1.29, 1.82) is 0 Å². The lowest BCUT2D eigenvalue weighted by molar-refractivity contribution is -0.116. The molecule has 0 bridgehead atoms. The van der Waals surface area contributed by atoms with Gasteiger partial charge >= 0.3 is 0 Å². The summed E-state index contributed by atoms with van der Waals surface area (Å²) in [6.07, 6.45) is 3.70. The molecule has 0 spiro atoms.